The number of rotatable bonds is 60. The number of aromatic nitrogens is 1. The van der Waals surface area contributed by atoms with Gasteiger partial charge >= 0.3 is 17.9 Å². The molecule has 34 N–H and O–H groups in total. The van der Waals surface area contributed by atoms with Gasteiger partial charge in [0.25, 0.3) is 0 Å². The van der Waals surface area contributed by atoms with Crippen molar-refractivity contribution >= 4 is 142 Å². The number of hydrogen-bond acceptors (Lipinski definition) is 25. The summed E-state index contributed by atoms with van der Waals surface area (Å²) < 4.78 is 0. The van der Waals surface area contributed by atoms with E-state index in [1.54, 1.807) is 72.8 Å². The summed E-state index contributed by atoms with van der Waals surface area (Å²) >= 11 is 4.06. The van der Waals surface area contributed by atoms with Crippen molar-refractivity contribution in [3.05, 3.63) is 108 Å². The molecule has 46 nitrogen and oxygen atoms in total. The summed E-state index contributed by atoms with van der Waals surface area (Å²) in [4.78, 5) is 260. The van der Waals surface area contributed by atoms with E-state index in [0.29, 0.717) is 40.4 Å². The van der Waals surface area contributed by atoms with E-state index >= 15 is 9.59 Å². The normalized spacial score (nSPS) is 14.1. The number of carboxylic acid groups (broad SMARTS) is 3. The van der Waals surface area contributed by atoms with Crippen LogP contribution in [0.2, 0.25) is 0 Å². The molecular weight excluding hydrogens is 1660 g/mol. The Labute approximate surface area is 722 Å². The summed E-state index contributed by atoms with van der Waals surface area (Å²) in [6.45, 7) is -1.75. The number of primary amides is 3. The molecule has 13 atom stereocenters. The first kappa shape index (κ1) is 104. The standard InChI is InChI=1S/C78H113N23O23S/c79-29-11-9-20-47(91-65(111)45(81)23-26-59(82)103)69(115)100-57(39-102)66(112)89-38-62(106)90-52(32-41-14-3-1-4-15-41)71(117)94-50(24-27-60(83)104)70(116)92-48(21-10-12-30-80)67(113)97-54(34-43-37-88-46-19-8-7-18-44(43)46)73(119)93-49(22-13-31-87-78(85)86)68(114)99-56(36-64(109)110)75(121)96-53(33-42-16-5-2-6-17-42)72(118)98-55(35-61(84)105)74(120)101-58(40-125)76(122)95-51(77(123)124)25-28-63(107)108/h1-8,14-19,37,45,47-58,88,102,125H,9-13,20-36,38-40,79-81H2,(H2,82,103)(H2,83,104)(H2,84,105)(H,89,112)(H,90,106)(H,91,111)(H,92,116)(H,93,119)(H,94,117)(H,95,122)(H,96,121)(H,97,113)(H,98,118)(H,99,114)(H,100,115)(H,101,120)(H,107,108)(H,109,110)(H,123,124)(H4,85,86,87)/t45-,47-,48-,49-,50-,51-,52-,53-,54-,55-,56-,57-,58-/m0/s1. The van der Waals surface area contributed by atoms with E-state index in [4.69, 9.17) is 50.7 Å². The molecule has 4 rings (SSSR count). The first-order chi connectivity index (χ1) is 59.4. The van der Waals surface area contributed by atoms with E-state index in [2.05, 4.69) is 92.0 Å². The fourth-order valence-corrected chi connectivity index (χ4v) is 12.7. The molecule has 1 heterocycles. The number of aliphatic hydroxyl groups excluding tert-OH is 1. The Kier molecular flexibility index (Phi) is 45.6. The SMILES string of the molecule is N=C(N)NCCC[C@H](NC(=O)[C@H](Cc1c[nH]c2ccccc12)NC(=O)[C@H](CCCCN)NC(=O)[C@H](CCC(N)=O)NC(=O)[C@H](Cc1ccccc1)NC(=O)CNC(=O)[C@H](CO)NC(=O)[C@H](CCCCN)NC(=O)[C@@H](N)CCC(N)=O)C(=O)N[C@@H](CC(=O)O)C(=O)N[C@@H](Cc1ccccc1)C(=O)N[C@@H](CC(N)=O)C(=O)N[C@@H](CS)C(=O)N[C@@H](CCC(=O)O)C(=O)O. The van der Waals surface area contributed by atoms with Crippen molar-refractivity contribution < 1.29 is 112 Å². The van der Waals surface area contributed by atoms with Crippen LogP contribution in [0.15, 0.2) is 91.1 Å². The van der Waals surface area contributed by atoms with Crippen LogP contribution in [0.3, 0.4) is 0 Å². The second-order valence-corrected chi connectivity index (χ2v) is 29.4. The molecule has 3 aromatic carbocycles. The fraction of sp³-hybridized carbons (Fsp3) is 0.487. The number of benzene rings is 3. The molecule has 16 amide bonds. The predicted molar refractivity (Wildman–Crippen MR) is 450 cm³/mol. The molecule has 0 spiro atoms. The number of fused-ring (bicyclic) bond motifs is 1. The molecule has 0 radical (unpaired) electrons. The summed E-state index contributed by atoms with van der Waals surface area (Å²) in [5, 5.41) is 81.2. The van der Waals surface area contributed by atoms with E-state index in [9.17, 15) is 96.8 Å². The highest BCUT2D eigenvalue weighted by Crippen LogP contribution is 2.21. The van der Waals surface area contributed by atoms with Gasteiger partial charge in [-0.1, -0.05) is 78.9 Å². The van der Waals surface area contributed by atoms with Gasteiger partial charge in [-0.15, -0.1) is 0 Å². The average Bonchev–Trinajstić information content (AvgIpc) is 1.69. The molecule has 0 unspecified atom stereocenters. The predicted octanol–water partition coefficient (Wildman–Crippen LogP) is -8.27. The van der Waals surface area contributed by atoms with Crippen LogP contribution in [0.25, 0.3) is 10.9 Å². The number of aromatic amines is 1. The highest BCUT2D eigenvalue weighted by atomic mass is 32.1. The molecule has 0 aliphatic rings. The molecule has 125 heavy (non-hydrogen) atoms. The number of guanidine groups is 1. The van der Waals surface area contributed by atoms with Gasteiger partial charge in [0.05, 0.1) is 32.0 Å². The van der Waals surface area contributed by atoms with Gasteiger partial charge in [0.2, 0.25) is 94.5 Å². The Morgan fingerprint density at radius 3 is 1.24 bits per heavy atom. The Morgan fingerprint density at radius 2 is 0.776 bits per heavy atom. The molecule has 47 heteroatoms. The third-order valence-corrected chi connectivity index (χ3v) is 19.4. The molecule has 684 valence electrons. The van der Waals surface area contributed by atoms with Crippen LogP contribution in [0.1, 0.15) is 119 Å². The Hall–Kier alpha value is -13.4. The summed E-state index contributed by atoms with van der Waals surface area (Å²) in [5.41, 5.74) is 41.0. The van der Waals surface area contributed by atoms with Crippen LogP contribution in [0.4, 0.5) is 0 Å². The highest BCUT2D eigenvalue weighted by molar-refractivity contribution is 7.80. The van der Waals surface area contributed by atoms with Crippen molar-refractivity contribution in [2.45, 2.75) is 201 Å². The van der Waals surface area contributed by atoms with E-state index in [1.807, 2.05) is 0 Å². The number of nitrogens with two attached hydrogens (primary N) is 7. The first-order valence-corrected chi connectivity index (χ1v) is 40.5. The van der Waals surface area contributed by atoms with Gasteiger partial charge in [0.15, 0.2) is 5.96 Å². The zero-order valence-corrected chi connectivity index (χ0v) is 69.3. The topological polar surface area (TPSA) is 795 Å². The van der Waals surface area contributed by atoms with Gasteiger partial charge in [-0.2, -0.15) is 12.6 Å². The minimum Gasteiger partial charge on any atom is -0.481 e. The summed E-state index contributed by atoms with van der Waals surface area (Å²) in [7, 11) is 0. The number of unbranched alkanes of at least 4 members (excludes halogenated alkanes) is 2. The first-order valence-electron chi connectivity index (χ1n) is 39.9. The summed E-state index contributed by atoms with van der Waals surface area (Å²) in [6, 6.07) is 0.334. The van der Waals surface area contributed by atoms with Crippen molar-refractivity contribution in [2.75, 3.05) is 38.5 Å². The zero-order chi connectivity index (χ0) is 92.8. The van der Waals surface area contributed by atoms with Crippen molar-refractivity contribution in [3.8, 4) is 0 Å². The Balaban J connectivity index is 1.69. The smallest absolute Gasteiger partial charge is 0.326 e. The van der Waals surface area contributed by atoms with Crippen LogP contribution >= 0.6 is 12.6 Å². The number of aliphatic hydroxyl groups is 1. The van der Waals surface area contributed by atoms with Crippen LogP contribution in [0, 0.1) is 5.41 Å². The number of carbonyl (C=O) groups excluding carboxylic acids is 16. The van der Waals surface area contributed by atoms with E-state index in [0.717, 1.165) is 0 Å². The monoisotopic (exact) mass is 1770 g/mol. The maximum absolute atomic E-state index is 15.2. The number of thiol groups is 1. The molecule has 0 saturated heterocycles. The third kappa shape index (κ3) is 38.7. The number of para-hydroxylation sites is 1. The number of carboxylic acids is 3. The van der Waals surface area contributed by atoms with Gasteiger partial charge < -0.3 is 140 Å². The van der Waals surface area contributed by atoms with Crippen LogP contribution in [-0.4, -0.2) is 261 Å². The Morgan fingerprint density at radius 1 is 0.384 bits per heavy atom. The quantitative estimate of drug-likeness (QED) is 0.00845. The van der Waals surface area contributed by atoms with Gasteiger partial charge in [-0.25, -0.2) is 4.79 Å². The maximum Gasteiger partial charge on any atom is 0.326 e. The number of carbonyl (C=O) groups is 19. The lowest BCUT2D eigenvalue weighted by Gasteiger charge is -2.28. The maximum atomic E-state index is 15.2. The Bertz CT molecular complexity index is 4390. The van der Waals surface area contributed by atoms with Crippen molar-refractivity contribution in [1.82, 2.24) is 79.4 Å². The number of nitrogens with one attached hydrogen (secondary N) is 16. The van der Waals surface area contributed by atoms with Gasteiger partial charge in [-0.3, -0.25) is 91.7 Å². The largest absolute Gasteiger partial charge is 0.481 e. The lowest BCUT2D eigenvalue weighted by molar-refractivity contribution is -0.144. The summed E-state index contributed by atoms with van der Waals surface area (Å²) in [5.74, 6) is -23.2. The van der Waals surface area contributed by atoms with Crippen molar-refractivity contribution in [2.24, 2.45) is 40.1 Å². The van der Waals surface area contributed by atoms with Crippen molar-refractivity contribution in [3.63, 3.8) is 0 Å². The van der Waals surface area contributed by atoms with Gasteiger partial charge in [-0.05, 0) is 106 Å². The third-order valence-electron chi connectivity index (χ3n) is 19.1. The number of H-pyrrole nitrogens is 1. The van der Waals surface area contributed by atoms with Crippen LogP contribution < -0.4 is 115 Å². The van der Waals surface area contributed by atoms with E-state index in [1.165, 1.54) is 18.3 Å². The molecule has 1 aromatic heterocycles. The second kappa shape index (κ2) is 54.9. The van der Waals surface area contributed by atoms with Crippen LogP contribution in [-0.2, 0) is 110 Å². The molecule has 0 saturated carbocycles. The van der Waals surface area contributed by atoms with Gasteiger partial charge in [0.1, 0.15) is 72.5 Å². The molecule has 0 aliphatic carbocycles. The summed E-state index contributed by atoms with van der Waals surface area (Å²) in [6.07, 6.45) is -4.16. The lowest BCUT2D eigenvalue weighted by Crippen LogP contribution is -2.61. The molecule has 0 fully saturated rings. The average molecular weight is 1770 g/mol. The minimum absolute atomic E-state index is 0.00192. The van der Waals surface area contributed by atoms with E-state index in [-0.39, 0.29) is 77.4 Å². The minimum atomic E-state index is -2.14. The molecule has 4 aromatic rings. The van der Waals surface area contributed by atoms with E-state index < -0.39 is 267 Å². The van der Waals surface area contributed by atoms with Gasteiger partial charge in [0, 0.05) is 67.9 Å². The van der Waals surface area contributed by atoms with Crippen LogP contribution in [0.5, 0.6) is 0 Å². The number of aliphatic carboxylic acids is 3. The zero-order valence-electron chi connectivity index (χ0n) is 68.4. The second-order valence-electron chi connectivity index (χ2n) is 29.0. The lowest BCUT2D eigenvalue weighted by atomic mass is 10.0. The highest BCUT2D eigenvalue weighted by Gasteiger charge is 2.39. The molecule has 0 aliphatic heterocycles. The van der Waals surface area contributed by atoms with Crippen molar-refractivity contribution in [1.29, 1.82) is 5.41 Å². The fourth-order valence-electron chi connectivity index (χ4n) is 12.4. The number of hydrogen-bond donors (Lipinski definition) is 28. The number of amides is 16. The molecule has 0 bridgehead atoms. The molecular formula is C78H113N23O23S.